The van der Waals surface area contributed by atoms with Crippen LogP contribution in [-0.4, -0.2) is 24.2 Å². The van der Waals surface area contributed by atoms with Gasteiger partial charge < -0.3 is 0 Å². The van der Waals surface area contributed by atoms with Crippen LogP contribution in [0.15, 0.2) is 34.5 Å². The van der Waals surface area contributed by atoms with Crippen molar-refractivity contribution in [2.75, 3.05) is 6.54 Å². The number of sulfonamides is 1. The lowest BCUT2D eigenvalue weighted by Gasteiger charge is -2.34. The Hall–Kier alpha value is -1.48. The first-order chi connectivity index (χ1) is 11.4. The molecule has 1 aromatic carbocycles. The standard InChI is InChI=1S/C15H15ClN2O4S2/c1-2-13-11-6-8-23-15(11)5-7-17(13)24(21,22)10-3-4-12(16)14(9-10)18(19)20/h3-4,6,8-9,13H,2,5,7H2,1H3/t13-/m1/s1. The second-order valence-corrected chi connectivity index (χ2v) is 8.76. The minimum atomic E-state index is -3.84. The van der Waals surface area contributed by atoms with Gasteiger partial charge >= 0.3 is 0 Å². The van der Waals surface area contributed by atoms with E-state index < -0.39 is 20.6 Å². The van der Waals surface area contributed by atoms with Crippen molar-refractivity contribution in [3.05, 3.63) is 55.2 Å². The molecule has 1 aliphatic rings. The van der Waals surface area contributed by atoms with Crippen molar-refractivity contribution in [1.29, 1.82) is 0 Å². The molecular formula is C15H15ClN2O4S2. The van der Waals surface area contributed by atoms with Crippen molar-refractivity contribution in [3.63, 3.8) is 0 Å². The van der Waals surface area contributed by atoms with Crippen LogP contribution >= 0.6 is 22.9 Å². The topological polar surface area (TPSA) is 80.5 Å². The van der Waals surface area contributed by atoms with Gasteiger partial charge in [-0.2, -0.15) is 4.31 Å². The molecule has 0 spiro atoms. The Bertz CT molecular complexity index is 895. The molecule has 6 nitrogen and oxygen atoms in total. The van der Waals surface area contributed by atoms with Gasteiger partial charge in [0.25, 0.3) is 5.69 Å². The molecule has 1 atom stereocenters. The van der Waals surface area contributed by atoms with Gasteiger partial charge in [-0.3, -0.25) is 10.1 Å². The van der Waals surface area contributed by atoms with Crippen LogP contribution in [0.5, 0.6) is 0 Å². The van der Waals surface area contributed by atoms with Gasteiger partial charge in [0.15, 0.2) is 0 Å². The zero-order chi connectivity index (χ0) is 17.5. The normalized spacial score (nSPS) is 18.3. The molecule has 2 aromatic rings. The van der Waals surface area contributed by atoms with E-state index in [2.05, 4.69) is 0 Å². The lowest BCUT2D eigenvalue weighted by atomic mass is 10.0. The number of fused-ring (bicyclic) bond motifs is 1. The molecule has 0 amide bonds. The summed E-state index contributed by atoms with van der Waals surface area (Å²) in [6, 6.07) is 5.32. The van der Waals surface area contributed by atoms with E-state index in [-0.39, 0.29) is 16.0 Å². The highest BCUT2D eigenvalue weighted by Crippen LogP contribution is 2.39. The number of rotatable bonds is 4. The third-order valence-electron chi connectivity index (χ3n) is 4.15. The van der Waals surface area contributed by atoms with Gasteiger partial charge in [-0.25, -0.2) is 8.42 Å². The minimum Gasteiger partial charge on any atom is -0.258 e. The maximum Gasteiger partial charge on any atom is 0.289 e. The molecule has 0 saturated carbocycles. The summed E-state index contributed by atoms with van der Waals surface area (Å²) in [6.45, 7) is 2.30. The monoisotopic (exact) mass is 386 g/mol. The second-order valence-electron chi connectivity index (χ2n) is 5.46. The average molecular weight is 387 g/mol. The molecule has 1 aromatic heterocycles. The average Bonchev–Trinajstić information content (AvgIpc) is 3.02. The Morgan fingerprint density at radius 1 is 1.42 bits per heavy atom. The van der Waals surface area contributed by atoms with Gasteiger partial charge in [-0.15, -0.1) is 11.3 Å². The fraction of sp³-hybridized carbons (Fsp3) is 0.333. The number of halogens is 1. The summed E-state index contributed by atoms with van der Waals surface area (Å²) in [7, 11) is -3.84. The summed E-state index contributed by atoms with van der Waals surface area (Å²) in [6.07, 6.45) is 1.29. The van der Waals surface area contributed by atoms with E-state index in [1.165, 1.54) is 21.3 Å². The maximum atomic E-state index is 13.0. The molecule has 24 heavy (non-hydrogen) atoms. The van der Waals surface area contributed by atoms with Crippen LogP contribution in [0, 0.1) is 10.1 Å². The molecule has 3 rings (SSSR count). The lowest BCUT2D eigenvalue weighted by Crippen LogP contribution is -2.39. The number of hydrogen-bond donors (Lipinski definition) is 0. The number of nitrogens with zero attached hydrogens (tertiary/aromatic N) is 2. The van der Waals surface area contributed by atoms with Crippen LogP contribution in [0.4, 0.5) is 5.69 Å². The van der Waals surface area contributed by atoms with Crippen LogP contribution in [0.2, 0.25) is 5.02 Å². The summed E-state index contributed by atoms with van der Waals surface area (Å²) in [5.41, 5.74) is 0.625. The van der Waals surface area contributed by atoms with Crippen molar-refractivity contribution in [3.8, 4) is 0 Å². The molecule has 9 heteroatoms. The molecule has 0 unspecified atom stereocenters. The van der Waals surface area contributed by atoms with Crippen LogP contribution < -0.4 is 0 Å². The van der Waals surface area contributed by atoms with Gasteiger partial charge in [0.2, 0.25) is 10.0 Å². The number of nitro benzene ring substituents is 1. The fourth-order valence-electron chi connectivity index (χ4n) is 3.01. The molecule has 1 aliphatic heterocycles. The fourth-order valence-corrected chi connectivity index (χ4v) is 5.83. The molecule has 0 aliphatic carbocycles. The van der Waals surface area contributed by atoms with Crippen molar-refractivity contribution in [2.24, 2.45) is 0 Å². The van der Waals surface area contributed by atoms with Gasteiger partial charge in [-0.05, 0) is 42.0 Å². The van der Waals surface area contributed by atoms with E-state index in [0.29, 0.717) is 19.4 Å². The Balaban J connectivity index is 2.05. The van der Waals surface area contributed by atoms with Crippen molar-refractivity contribution < 1.29 is 13.3 Å². The minimum absolute atomic E-state index is 0.0789. The van der Waals surface area contributed by atoms with Gasteiger partial charge in [-0.1, -0.05) is 18.5 Å². The van der Waals surface area contributed by atoms with Crippen molar-refractivity contribution >= 4 is 38.6 Å². The molecule has 0 radical (unpaired) electrons. The van der Waals surface area contributed by atoms with E-state index in [0.717, 1.165) is 11.6 Å². The van der Waals surface area contributed by atoms with E-state index in [1.54, 1.807) is 11.3 Å². The summed E-state index contributed by atoms with van der Waals surface area (Å²) >= 11 is 7.42. The summed E-state index contributed by atoms with van der Waals surface area (Å²) in [5, 5.41) is 12.9. The second kappa shape index (κ2) is 6.44. The number of thiophene rings is 1. The quantitative estimate of drug-likeness (QED) is 0.587. The molecule has 128 valence electrons. The highest BCUT2D eigenvalue weighted by molar-refractivity contribution is 7.89. The SMILES string of the molecule is CC[C@@H]1c2ccsc2CCN1S(=O)(=O)c1ccc(Cl)c([N+](=O)[O-])c1. The maximum absolute atomic E-state index is 13.0. The Morgan fingerprint density at radius 3 is 2.83 bits per heavy atom. The van der Waals surface area contributed by atoms with E-state index in [1.807, 2.05) is 18.4 Å². The first kappa shape index (κ1) is 17.3. The predicted molar refractivity (Wildman–Crippen MR) is 93.1 cm³/mol. The summed E-state index contributed by atoms with van der Waals surface area (Å²) in [4.78, 5) is 11.5. The number of hydrogen-bond acceptors (Lipinski definition) is 5. The highest BCUT2D eigenvalue weighted by Gasteiger charge is 2.36. The number of benzene rings is 1. The molecule has 0 N–H and O–H groups in total. The van der Waals surface area contributed by atoms with Gasteiger partial charge in [0, 0.05) is 17.5 Å². The number of nitro groups is 1. The smallest absolute Gasteiger partial charge is 0.258 e. The Kier molecular flexibility index (Phi) is 4.65. The third kappa shape index (κ3) is 2.83. The summed E-state index contributed by atoms with van der Waals surface area (Å²) in [5.74, 6) is 0. The van der Waals surface area contributed by atoms with Crippen molar-refractivity contribution in [2.45, 2.75) is 30.7 Å². The van der Waals surface area contributed by atoms with Crippen LogP contribution in [0.1, 0.15) is 29.8 Å². The molecule has 0 saturated heterocycles. The zero-order valence-electron chi connectivity index (χ0n) is 12.8. The van der Waals surface area contributed by atoms with Crippen molar-refractivity contribution in [1.82, 2.24) is 4.31 Å². The van der Waals surface area contributed by atoms with Crippen LogP contribution in [0.3, 0.4) is 0 Å². The van der Waals surface area contributed by atoms with Gasteiger partial charge in [0.05, 0.1) is 15.9 Å². The molecular weight excluding hydrogens is 372 g/mol. The molecule has 0 bridgehead atoms. The van der Waals surface area contributed by atoms with Gasteiger partial charge in [0.1, 0.15) is 5.02 Å². The van der Waals surface area contributed by atoms with Crippen LogP contribution in [0.25, 0.3) is 0 Å². The Labute approximate surface area is 148 Å². The first-order valence-corrected chi connectivity index (χ1v) is 10.1. The van der Waals surface area contributed by atoms with Crippen LogP contribution in [-0.2, 0) is 16.4 Å². The summed E-state index contributed by atoms with van der Waals surface area (Å²) < 4.78 is 27.5. The molecule has 2 heterocycles. The first-order valence-electron chi connectivity index (χ1n) is 7.38. The predicted octanol–water partition coefficient (Wildman–Crippen LogP) is 4.01. The molecule has 0 fully saturated rings. The zero-order valence-corrected chi connectivity index (χ0v) is 15.2. The largest absolute Gasteiger partial charge is 0.289 e. The van der Waals surface area contributed by atoms with E-state index >= 15 is 0 Å². The van der Waals surface area contributed by atoms with E-state index in [4.69, 9.17) is 11.6 Å². The lowest BCUT2D eigenvalue weighted by molar-refractivity contribution is -0.384. The highest BCUT2D eigenvalue weighted by atomic mass is 35.5. The third-order valence-corrected chi connectivity index (χ3v) is 7.37. The Morgan fingerprint density at radius 2 is 2.17 bits per heavy atom. The van der Waals surface area contributed by atoms with E-state index in [9.17, 15) is 18.5 Å².